The van der Waals surface area contributed by atoms with Gasteiger partial charge in [-0.25, -0.2) is 49.8 Å². The lowest BCUT2D eigenvalue weighted by molar-refractivity contribution is 1.01. The molecule has 15 nitrogen and oxygen atoms in total. The molecule has 0 aliphatic heterocycles. The van der Waals surface area contributed by atoms with Crippen LogP contribution in [-0.4, -0.2) is 74.8 Å². The Hall–Kier alpha value is -10.4. The normalized spacial score (nSPS) is 10.1. The van der Waals surface area contributed by atoms with Crippen LogP contribution in [0.4, 0.5) is 0 Å². The van der Waals surface area contributed by atoms with Gasteiger partial charge in [0.15, 0.2) is 5.82 Å². The molecule has 10 aromatic heterocycles. The zero-order valence-corrected chi connectivity index (χ0v) is 49.8. The Morgan fingerprint density at radius 1 is 0.226 bits per heavy atom. The Bertz CT molecular complexity index is 3170. The highest BCUT2D eigenvalue weighted by Gasteiger charge is 2.07. The SMILES string of the molecule is Cc1cc(-c2ccccc2)nc(C)n1.Cc1cc(-c2ccccn2)nc(C)n1.Cc1cc(-c2cccnc2)nc(C)n1.Cc1cc(-c2ccncc2)nc(C)n1.Cc1cc(C)nc(-c2ccccc2)c1.Cc1cc(C)nc(-c2ccccn2)n1. The molecule has 0 unspecified atom stereocenters. The van der Waals surface area contributed by atoms with E-state index < -0.39 is 0 Å². The van der Waals surface area contributed by atoms with E-state index in [-0.39, 0.29) is 0 Å². The monoisotopic (exact) mass is 1110 g/mol. The van der Waals surface area contributed by atoms with E-state index in [2.05, 4.69) is 118 Å². The van der Waals surface area contributed by atoms with Gasteiger partial charge in [0.2, 0.25) is 0 Å². The highest BCUT2D eigenvalue weighted by molar-refractivity contribution is 5.61. The largest absolute Gasteiger partial charge is 0.265 e. The van der Waals surface area contributed by atoms with Crippen LogP contribution in [0.15, 0.2) is 201 Å². The Kier molecular flexibility index (Phi) is 22.6. The Morgan fingerprint density at radius 3 is 1.04 bits per heavy atom. The van der Waals surface area contributed by atoms with Crippen molar-refractivity contribution in [3.8, 4) is 67.9 Å². The molecule has 0 aliphatic carbocycles. The summed E-state index contributed by atoms with van der Waals surface area (Å²) in [6.07, 6.45) is 10.6. The number of aryl methyl sites for hydroxylation is 12. The molecule has 12 rings (SSSR count). The van der Waals surface area contributed by atoms with E-state index in [0.29, 0.717) is 5.82 Å². The van der Waals surface area contributed by atoms with Gasteiger partial charge in [0, 0.05) is 99.3 Å². The van der Waals surface area contributed by atoms with Crippen LogP contribution in [0, 0.1) is 83.1 Å². The zero-order chi connectivity index (χ0) is 59.8. The van der Waals surface area contributed by atoms with Crippen LogP contribution < -0.4 is 0 Å². The van der Waals surface area contributed by atoms with E-state index in [0.717, 1.165) is 120 Å². The number of aromatic nitrogens is 15. The van der Waals surface area contributed by atoms with Crippen molar-refractivity contribution in [1.82, 2.24) is 74.8 Å². The molecule has 0 radical (unpaired) electrons. The summed E-state index contributed by atoms with van der Waals surface area (Å²) in [5, 5.41) is 0. The summed E-state index contributed by atoms with van der Waals surface area (Å²) in [7, 11) is 0. The second-order valence-corrected chi connectivity index (χ2v) is 19.6. The quantitative estimate of drug-likeness (QED) is 0.152. The van der Waals surface area contributed by atoms with Gasteiger partial charge >= 0.3 is 0 Å². The van der Waals surface area contributed by atoms with E-state index in [4.69, 9.17) is 0 Å². The molecule has 12 aromatic rings. The number of rotatable bonds is 6. The van der Waals surface area contributed by atoms with E-state index >= 15 is 0 Å². The molecule has 2 aromatic carbocycles. The van der Waals surface area contributed by atoms with Crippen molar-refractivity contribution in [2.24, 2.45) is 0 Å². The summed E-state index contributed by atoms with van der Waals surface area (Å²) in [5.74, 6) is 3.90. The average molecular weight is 1110 g/mol. The first kappa shape index (κ1) is 61.2. The van der Waals surface area contributed by atoms with Crippen molar-refractivity contribution in [3.63, 3.8) is 0 Å². The van der Waals surface area contributed by atoms with Crippen LogP contribution in [0.5, 0.6) is 0 Å². The fourth-order valence-electron chi connectivity index (χ4n) is 8.54. The van der Waals surface area contributed by atoms with Crippen LogP contribution in [0.2, 0.25) is 0 Å². The van der Waals surface area contributed by atoms with E-state index in [9.17, 15) is 0 Å². The van der Waals surface area contributed by atoms with Crippen molar-refractivity contribution in [2.75, 3.05) is 0 Å². The molecule has 0 bridgehead atoms. The maximum atomic E-state index is 4.50. The second kappa shape index (κ2) is 31.0. The molecule has 0 spiro atoms. The topological polar surface area (TPSA) is 193 Å². The predicted molar refractivity (Wildman–Crippen MR) is 335 cm³/mol. The first-order valence-corrected chi connectivity index (χ1v) is 27.3. The van der Waals surface area contributed by atoms with Gasteiger partial charge in [-0.1, -0.05) is 72.8 Å². The van der Waals surface area contributed by atoms with Gasteiger partial charge in [-0.3, -0.25) is 24.9 Å². The molecule has 15 heteroatoms. The van der Waals surface area contributed by atoms with Crippen molar-refractivity contribution < 1.29 is 0 Å². The third-order valence-corrected chi connectivity index (χ3v) is 11.8. The maximum Gasteiger partial charge on any atom is 0.178 e. The van der Waals surface area contributed by atoms with E-state index in [1.54, 1.807) is 37.2 Å². The molecule has 0 fully saturated rings. The molecule has 0 saturated heterocycles. The van der Waals surface area contributed by atoms with Crippen molar-refractivity contribution in [2.45, 2.75) is 83.1 Å². The highest BCUT2D eigenvalue weighted by Crippen LogP contribution is 2.21. The summed E-state index contributed by atoms with van der Waals surface area (Å²) >= 11 is 0. The summed E-state index contributed by atoms with van der Waals surface area (Å²) in [5.41, 5.74) is 19.2. The van der Waals surface area contributed by atoms with Crippen LogP contribution in [0.25, 0.3) is 67.9 Å². The zero-order valence-electron chi connectivity index (χ0n) is 49.8. The van der Waals surface area contributed by atoms with Gasteiger partial charge in [-0.2, -0.15) is 0 Å². The average Bonchev–Trinajstić information content (AvgIpc) is 3.68. The molecule has 0 saturated carbocycles. The predicted octanol–water partition coefficient (Wildman–Crippen LogP) is 14.7. The maximum absolute atomic E-state index is 4.50. The fraction of sp³-hybridized carbons (Fsp3) is 0.174. The minimum absolute atomic E-state index is 0.697. The summed E-state index contributed by atoms with van der Waals surface area (Å²) in [6, 6.07) is 53.8. The van der Waals surface area contributed by atoms with Crippen molar-refractivity contribution in [1.29, 1.82) is 0 Å². The minimum atomic E-state index is 0.697. The van der Waals surface area contributed by atoms with Gasteiger partial charge < -0.3 is 0 Å². The standard InChI is InChI=1S/C13H13N.C12H12N2.4C11H11N3/c1-10-8-11(2)14-13(9-10)12-6-4-3-5-7-12;1-9-8-12(14-10(2)13-9)11-6-4-3-5-7-11;1-8-7-11(14-9(2)13-8)10-3-5-12-6-4-10;1-8-6-11(14-9(2)13-8)10-4-3-5-12-7-10;1-8-7-11(14-9(2)13-8)10-5-3-4-6-12-10;1-8-7-9(2)14-11(13-8)10-5-3-4-6-12-10/h3-9H,1-2H3;3-8H,1-2H3;4*3-7H,1-2H3. The first-order valence-electron chi connectivity index (χ1n) is 27.3. The van der Waals surface area contributed by atoms with Crippen molar-refractivity contribution >= 4 is 0 Å². The highest BCUT2D eigenvalue weighted by atomic mass is 14.9. The number of hydrogen-bond acceptors (Lipinski definition) is 15. The lowest BCUT2D eigenvalue weighted by atomic mass is 10.1. The fourth-order valence-corrected chi connectivity index (χ4v) is 8.54. The number of hydrogen-bond donors (Lipinski definition) is 0. The number of benzene rings is 2. The molecule has 0 atom stereocenters. The third-order valence-electron chi connectivity index (χ3n) is 11.8. The van der Waals surface area contributed by atoms with E-state index in [1.165, 1.54) is 11.1 Å². The molecule has 420 valence electrons. The van der Waals surface area contributed by atoms with Gasteiger partial charge in [-0.05, 0) is 180 Å². The molecule has 0 aliphatic rings. The molecule has 10 heterocycles. The molecule has 84 heavy (non-hydrogen) atoms. The van der Waals surface area contributed by atoms with Gasteiger partial charge in [0.05, 0.1) is 34.2 Å². The molecule has 0 amide bonds. The van der Waals surface area contributed by atoms with Crippen LogP contribution >= 0.6 is 0 Å². The van der Waals surface area contributed by atoms with Gasteiger partial charge in [-0.15, -0.1) is 0 Å². The van der Waals surface area contributed by atoms with Gasteiger partial charge in [0.25, 0.3) is 0 Å². The lowest BCUT2D eigenvalue weighted by Gasteiger charge is -2.03. The molecular weight excluding hydrogens is 1040 g/mol. The third kappa shape index (κ3) is 20.0. The van der Waals surface area contributed by atoms with Crippen LogP contribution in [0.1, 0.15) is 68.7 Å². The lowest BCUT2D eigenvalue weighted by Crippen LogP contribution is -1.95. The second-order valence-electron chi connectivity index (χ2n) is 19.6. The van der Waals surface area contributed by atoms with Crippen LogP contribution in [0.3, 0.4) is 0 Å². The number of pyridine rings is 5. The van der Waals surface area contributed by atoms with Crippen LogP contribution in [-0.2, 0) is 0 Å². The van der Waals surface area contributed by atoms with Crippen molar-refractivity contribution in [3.05, 3.63) is 270 Å². The molecule has 0 N–H and O–H groups in total. The number of nitrogens with zero attached hydrogens (tertiary/aromatic N) is 15. The minimum Gasteiger partial charge on any atom is -0.265 e. The summed E-state index contributed by atoms with van der Waals surface area (Å²) < 4.78 is 0. The Balaban J connectivity index is 0.000000145. The summed E-state index contributed by atoms with van der Waals surface area (Å²) in [6.45, 7) is 23.5. The summed E-state index contributed by atoms with van der Waals surface area (Å²) in [4.78, 5) is 64.0. The Labute approximate surface area is 493 Å². The first-order chi connectivity index (χ1) is 40.5. The van der Waals surface area contributed by atoms with Gasteiger partial charge in [0.1, 0.15) is 29.0 Å². The smallest absolute Gasteiger partial charge is 0.178 e. The molecular formula is C69H69N15. The van der Waals surface area contributed by atoms with E-state index in [1.807, 2.05) is 204 Å². The Morgan fingerprint density at radius 2 is 0.607 bits per heavy atom.